The number of amides is 2. The molecule has 1 N–H and O–H groups in total. The van der Waals surface area contributed by atoms with E-state index in [-0.39, 0.29) is 24.3 Å². The molecule has 2 heterocycles. The number of aromatic nitrogens is 1. The Balaban J connectivity index is 1.98. The number of nitrogens with zero attached hydrogens (tertiary/aromatic N) is 3. The van der Waals surface area contributed by atoms with Crippen LogP contribution in [0.2, 0.25) is 0 Å². The normalized spacial score (nSPS) is 16.0. The Hall–Kier alpha value is -1.51. The van der Waals surface area contributed by atoms with Gasteiger partial charge in [0.05, 0.1) is 25.5 Å². The lowest BCUT2D eigenvalue weighted by Gasteiger charge is -2.31. The van der Waals surface area contributed by atoms with E-state index < -0.39 is 0 Å². The second-order valence-corrected chi connectivity index (χ2v) is 8.16. The fraction of sp³-hybridized carbons (Fsp3) is 0.750. The molecule has 7 nitrogen and oxygen atoms in total. The van der Waals surface area contributed by atoms with Gasteiger partial charge < -0.3 is 15.0 Å². The average Bonchev–Trinajstić information content (AvgIpc) is 3.10. The molecule has 0 aromatic carbocycles. The topological polar surface area (TPSA) is 74.8 Å². The number of rotatable bonds is 11. The number of hydrogen-bond donors (Lipinski definition) is 1. The van der Waals surface area contributed by atoms with Crippen molar-refractivity contribution in [3.63, 3.8) is 0 Å². The second kappa shape index (κ2) is 12.1. The molecule has 1 aliphatic heterocycles. The summed E-state index contributed by atoms with van der Waals surface area (Å²) in [6.07, 6.45) is 3.79. The zero-order valence-corrected chi connectivity index (χ0v) is 18.2. The van der Waals surface area contributed by atoms with Gasteiger partial charge in [-0.05, 0) is 19.8 Å². The van der Waals surface area contributed by atoms with E-state index in [2.05, 4.69) is 29.0 Å². The Bertz CT molecular complexity index is 616. The minimum absolute atomic E-state index is 0.0143. The highest BCUT2D eigenvalue weighted by Gasteiger charge is 2.25. The summed E-state index contributed by atoms with van der Waals surface area (Å²) in [5.74, 6) is -0.107. The van der Waals surface area contributed by atoms with Crippen molar-refractivity contribution in [3.8, 4) is 0 Å². The third kappa shape index (κ3) is 7.48. The third-order valence-corrected chi connectivity index (χ3v) is 5.93. The van der Waals surface area contributed by atoms with Crippen LogP contribution >= 0.6 is 11.3 Å². The van der Waals surface area contributed by atoms with Crippen LogP contribution in [0.4, 0.5) is 5.13 Å². The van der Waals surface area contributed by atoms with Crippen molar-refractivity contribution < 1.29 is 14.3 Å². The largest absolute Gasteiger partial charge is 0.379 e. The van der Waals surface area contributed by atoms with Crippen LogP contribution in [-0.4, -0.2) is 72.5 Å². The number of thiazole rings is 1. The number of carbonyl (C=O) groups excluding carboxylic acids is 2. The molecule has 1 atom stereocenters. The van der Waals surface area contributed by atoms with Crippen molar-refractivity contribution in [2.24, 2.45) is 5.92 Å². The van der Waals surface area contributed by atoms with Crippen LogP contribution in [0.15, 0.2) is 5.38 Å². The lowest BCUT2D eigenvalue weighted by molar-refractivity contribution is -0.139. The lowest BCUT2D eigenvalue weighted by atomic mass is 9.97. The molecule has 2 amide bonds. The Labute approximate surface area is 172 Å². The molecule has 0 saturated carbocycles. The van der Waals surface area contributed by atoms with Gasteiger partial charge in [0.1, 0.15) is 0 Å². The highest BCUT2D eigenvalue weighted by atomic mass is 32.1. The molecular formula is C20H34N4O3S. The number of anilines is 1. The van der Waals surface area contributed by atoms with Crippen LogP contribution < -0.4 is 5.32 Å². The molecule has 1 unspecified atom stereocenters. The minimum atomic E-state index is -0.185. The number of nitrogens with one attached hydrogen (secondary N) is 1. The Morgan fingerprint density at radius 2 is 2.11 bits per heavy atom. The standard InChI is InChI=1S/C20H34N4O3S/c1-4-6-7-17(5-2)19(26)24(9-8-23-10-12-27-13-11-23)14-18(25)22-20-21-16(3)15-28-20/h15,17H,4-14H2,1-3H3,(H,21,22,25). The minimum Gasteiger partial charge on any atom is -0.379 e. The van der Waals surface area contributed by atoms with Gasteiger partial charge in [0, 0.05) is 37.5 Å². The number of aryl methyl sites for hydroxylation is 1. The van der Waals surface area contributed by atoms with E-state index in [1.165, 1.54) is 11.3 Å². The zero-order valence-electron chi connectivity index (χ0n) is 17.4. The maximum absolute atomic E-state index is 13.1. The zero-order chi connectivity index (χ0) is 20.4. The van der Waals surface area contributed by atoms with Crippen molar-refractivity contribution in [3.05, 3.63) is 11.1 Å². The fourth-order valence-corrected chi connectivity index (χ4v) is 4.01. The summed E-state index contributed by atoms with van der Waals surface area (Å²) < 4.78 is 5.39. The highest BCUT2D eigenvalue weighted by molar-refractivity contribution is 7.13. The molecule has 2 rings (SSSR count). The first-order valence-corrected chi connectivity index (χ1v) is 11.2. The molecule has 0 radical (unpaired) electrons. The van der Waals surface area contributed by atoms with Gasteiger partial charge in [-0.15, -0.1) is 11.3 Å². The molecule has 1 aromatic rings. The lowest BCUT2D eigenvalue weighted by Crippen LogP contribution is -2.47. The summed E-state index contributed by atoms with van der Waals surface area (Å²) in [5, 5.41) is 5.31. The van der Waals surface area contributed by atoms with Gasteiger partial charge in [-0.3, -0.25) is 14.5 Å². The van der Waals surface area contributed by atoms with Crippen molar-refractivity contribution >= 4 is 28.3 Å². The van der Waals surface area contributed by atoms with E-state index in [4.69, 9.17) is 4.74 Å². The molecule has 0 bridgehead atoms. The Kier molecular flexibility index (Phi) is 9.87. The van der Waals surface area contributed by atoms with Gasteiger partial charge in [-0.1, -0.05) is 26.7 Å². The van der Waals surface area contributed by atoms with Crippen molar-refractivity contribution in [2.45, 2.75) is 46.5 Å². The summed E-state index contributed by atoms with van der Waals surface area (Å²) >= 11 is 1.40. The molecule has 8 heteroatoms. The Morgan fingerprint density at radius 1 is 1.36 bits per heavy atom. The summed E-state index contributed by atoms with van der Waals surface area (Å²) in [6, 6.07) is 0. The van der Waals surface area contributed by atoms with E-state index in [1.807, 2.05) is 12.3 Å². The van der Waals surface area contributed by atoms with E-state index in [0.717, 1.165) is 64.2 Å². The van der Waals surface area contributed by atoms with Crippen molar-refractivity contribution in [2.75, 3.05) is 51.3 Å². The highest BCUT2D eigenvalue weighted by Crippen LogP contribution is 2.17. The number of ether oxygens (including phenoxy) is 1. The third-order valence-electron chi connectivity index (χ3n) is 5.05. The number of morpholine rings is 1. The fourth-order valence-electron chi connectivity index (χ4n) is 3.31. The van der Waals surface area contributed by atoms with Crippen LogP contribution in [0.25, 0.3) is 0 Å². The number of hydrogen-bond acceptors (Lipinski definition) is 6. The molecular weight excluding hydrogens is 376 g/mol. The molecule has 0 spiro atoms. The summed E-state index contributed by atoms with van der Waals surface area (Å²) in [7, 11) is 0. The summed E-state index contributed by atoms with van der Waals surface area (Å²) in [6.45, 7) is 10.7. The van der Waals surface area contributed by atoms with Gasteiger partial charge >= 0.3 is 0 Å². The first-order chi connectivity index (χ1) is 13.5. The van der Waals surface area contributed by atoms with Crippen LogP contribution in [0.5, 0.6) is 0 Å². The predicted molar refractivity (Wildman–Crippen MR) is 113 cm³/mol. The molecule has 28 heavy (non-hydrogen) atoms. The van der Waals surface area contributed by atoms with Gasteiger partial charge in [0.15, 0.2) is 5.13 Å². The van der Waals surface area contributed by atoms with Crippen LogP contribution in [0, 0.1) is 12.8 Å². The maximum Gasteiger partial charge on any atom is 0.245 e. The first-order valence-electron chi connectivity index (χ1n) is 10.3. The Morgan fingerprint density at radius 3 is 2.71 bits per heavy atom. The SMILES string of the molecule is CCCCC(CC)C(=O)N(CCN1CCOCC1)CC(=O)Nc1nc(C)cs1. The predicted octanol–water partition coefficient (Wildman–Crippen LogP) is 2.77. The molecule has 1 saturated heterocycles. The second-order valence-electron chi connectivity index (χ2n) is 7.30. The quantitative estimate of drug-likeness (QED) is 0.607. The smallest absolute Gasteiger partial charge is 0.245 e. The van der Waals surface area contributed by atoms with Gasteiger partial charge in [-0.25, -0.2) is 4.98 Å². The van der Waals surface area contributed by atoms with Gasteiger partial charge in [0.2, 0.25) is 11.8 Å². The summed E-state index contributed by atoms with van der Waals surface area (Å²) in [5.41, 5.74) is 0.881. The number of unbranched alkanes of at least 4 members (excludes halogenated alkanes) is 1. The van der Waals surface area contributed by atoms with E-state index in [9.17, 15) is 9.59 Å². The average molecular weight is 411 g/mol. The molecule has 0 aliphatic carbocycles. The van der Waals surface area contributed by atoms with Crippen LogP contribution in [0.1, 0.15) is 45.2 Å². The van der Waals surface area contributed by atoms with Crippen LogP contribution in [-0.2, 0) is 14.3 Å². The summed E-state index contributed by atoms with van der Waals surface area (Å²) in [4.78, 5) is 34.0. The molecule has 1 fully saturated rings. The first kappa shape index (κ1) is 22.8. The van der Waals surface area contributed by atoms with Crippen LogP contribution in [0.3, 0.4) is 0 Å². The monoisotopic (exact) mass is 410 g/mol. The molecule has 1 aromatic heterocycles. The van der Waals surface area contributed by atoms with E-state index in [1.54, 1.807) is 4.90 Å². The van der Waals surface area contributed by atoms with Gasteiger partial charge in [0.25, 0.3) is 0 Å². The van der Waals surface area contributed by atoms with Crippen molar-refractivity contribution in [1.29, 1.82) is 0 Å². The maximum atomic E-state index is 13.1. The van der Waals surface area contributed by atoms with Gasteiger partial charge in [-0.2, -0.15) is 0 Å². The van der Waals surface area contributed by atoms with E-state index >= 15 is 0 Å². The molecule has 1 aliphatic rings. The number of carbonyl (C=O) groups is 2. The molecule has 158 valence electrons. The van der Waals surface area contributed by atoms with Crippen molar-refractivity contribution in [1.82, 2.24) is 14.8 Å². The van der Waals surface area contributed by atoms with E-state index in [0.29, 0.717) is 11.7 Å².